The van der Waals surface area contributed by atoms with Crippen molar-refractivity contribution in [2.24, 2.45) is 0 Å². The van der Waals surface area contributed by atoms with Crippen molar-refractivity contribution < 1.29 is 9.13 Å². The van der Waals surface area contributed by atoms with Gasteiger partial charge in [-0.25, -0.2) is 4.39 Å². The zero-order chi connectivity index (χ0) is 21.4. The Morgan fingerprint density at radius 3 is 2.61 bits per heavy atom. The molecule has 3 heterocycles. The lowest BCUT2D eigenvalue weighted by Gasteiger charge is -2.43. The predicted octanol–water partition coefficient (Wildman–Crippen LogP) is 5.79. The zero-order valence-electron chi connectivity index (χ0n) is 17.9. The second-order valence-electron chi connectivity index (χ2n) is 9.16. The Labute approximate surface area is 188 Å². The molecule has 0 bridgehead atoms. The number of likely N-dealkylation sites (tertiary alicyclic amines) is 1. The van der Waals surface area contributed by atoms with E-state index in [4.69, 9.17) is 16.3 Å². The predicted molar refractivity (Wildman–Crippen MR) is 124 cm³/mol. The van der Waals surface area contributed by atoms with Crippen LogP contribution >= 0.6 is 11.6 Å². The second kappa shape index (κ2) is 8.50. The van der Waals surface area contributed by atoms with Gasteiger partial charge in [0.15, 0.2) is 0 Å². The van der Waals surface area contributed by atoms with Crippen molar-refractivity contribution in [1.29, 1.82) is 0 Å². The normalized spacial score (nSPS) is 25.3. The largest absolute Gasteiger partial charge is 0.376 e. The third-order valence-corrected chi connectivity index (χ3v) is 7.44. The van der Waals surface area contributed by atoms with Gasteiger partial charge in [0.2, 0.25) is 0 Å². The van der Waals surface area contributed by atoms with Crippen LogP contribution in [0.4, 0.5) is 4.39 Å². The van der Waals surface area contributed by atoms with Crippen molar-refractivity contribution in [3.63, 3.8) is 0 Å². The molecule has 2 atom stereocenters. The molecule has 0 amide bonds. The summed E-state index contributed by atoms with van der Waals surface area (Å²) in [7, 11) is 0. The molecule has 0 spiro atoms. The minimum Gasteiger partial charge on any atom is -0.376 e. The summed E-state index contributed by atoms with van der Waals surface area (Å²) >= 11 is 6.70. The number of hydrogen-bond donors (Lipinski definition) is 0. The molecular weight excluding hydrogens is 411 g/mol. The quantitative estimate of drug-likeness (QED) is 0.515. The van der Waals surface area contributed by atoms with Crippen molar-refractivity contribution in [3.05, 3.63) is 76.6 Å². The highest BCUT2D eigenvalue weighted by molar-refractivity contribution is 6.32. The Kier molecular flexibility index (Phi) is 5.72. The minimum atomic E-state index is -0.913. The van der Waals surface area contributed by atoms with Crippen LogP contribution in [-0.4, -0.2) is 47.9 Å². The summed E-state index contributed by atoms with van der Waals surface area (Å²) in [5, 5.41) is 3.06. The summed E-state index contributed by atoms with van der Waals surface area (Å²) < 4.78 is 19.8. The highest BCUT2D eigenvalue weighted by Crippen LogP contribution is 2.39. The molecule has 5 rings (SSSR count). The van der Waals surface area contributed by atoms with Crippen LogP contribution in [0.2, 0.25) is 5.02 Å². The topological polar surface area (TPSA) is 25.4 Å². The van der Waals surface area contributed by atoms with E-state index in [0.29, 0.717) is 12.5 Å². The molecule has 162 valence electrons. The average Bonchev–Trinajstić information content (AvgIpc) is 3.14. The number of aromatic nitrogens is 1. The van der Waals surface area contributed by atoms with Gasteiger partial charge >= 0.3 is 0 Å². The van der Waals surface area contributed by atoms with Crippen molar-refractivity contribution >= 4 is 22.4 Å². The van der Waals surface area contributed by atoms with E-state index in [1.165, 1.54) is 16.5 Å². The zero-order valence-corrected chi connectivity index (χ0v) is 18.6. The number of nitrogens with zero attached hydrogens (tertiary/aromatic N) is 2. The molecule has 0 radical (unpaired) electrons. The summed E-state index contributed by atoms with van der Waals surface area (Å²) in [5.41, 5.74) is 3.03. The number of benzene rings is 2. The molecule has 2 fully saturated rings. The number of pyridine rings is 1. The van der Waals surface area contributed by atoms with Gasteiger partial charge in [0.25, 0.3) is 0 Å². The first kappa shape index (κ1) is 20.9. The molecule has 2 saturated heterocycles. The van der Waals surface area contributed by atoms with Gasteiger partial charge in [0, 0.05) is 28.7 Å². The van der Waals surface area contributed by atoms with E-state index in [1.807, 2.05) is 25.3 Å². The molecule has 0 saturated carbocycles. The smallest absolute Gasteiger partial charge is 0.144 e. The van der Waals surface area contributed by atoms with Gasteiger partial charge in [-0.15, -0.1) is 0 Å². The van der Waals surface area contributed by atoms with Gasteiger partial charge in [-0.2, -0.15) is 0 Å². The Balaban J connectivity index is 1.35. The van der Waals surface area contributed by atoms with E-state index in [9.17, 15) is 4.39 Å². The first-order valence-corrected chi connectivity index (χ1v) is 11.5. The molecule has 2 aliphatic heterocycles. The molecule has 5 heteroatoms. The van der Waals surface area contributed by atoms with Crippen molar-refractivity contribution in [3.8, 4) is 0 Å². The van der Waals surface area contributed by atoms with Crippen molar-refractivity contribution in [2.75, 3.05) is 26.3 Å². The fourth-order valence-corrected chi connectivity index (χ4v) is 5.40. The molecule has 0 N–H and O–H groups in total. The maximum absolute atomic E-state index is 14.4. The molecule has 1 aromatic heterocycles. The van der Waals surface area contributed by atoms with E-state index < -0.39 is 11.7 Å². The Hall–Kier alpha value is -2.01. The molecule has 2 aromatic carbocycles. The standard InChI is InChI=1S/C26H28ClFN2O/c1-26(17-31-16-25(26)28)30-9-7-19(8-10-30)23-13-20-12-22(11-18-5-3-2-4-6-18)29-15-21(20)14-24(23)27/h2-6,12-15,19,25H,7-11,16-17H2,1H3. The van der Waals surface area contributed by atoms with Crippen LogP contribution < -0.4 is 0 Å². The van der Waals surface area contributed by atoms with Crippen LogP contribution in [0.25, 0.3) is 10.8 Å². The number of ether oxygens (including phenoxy) is 1. The lowest BCUT2D eigenvalue weighted by Crippen LogP contribution is -2.55. The monoisotopic (exact) mass is 438 g/mol. The maximum atomic E-state index is 14.4. The second-order valence-corrected chi connectivity index (χ2v) is 9.57. The Morgan fingerprint density at radius 1 is 1.13 bits per heavy atom. The SMILES string of the molecule is CC1(N2CCC(c3cc4cc(Cc5ccccc5)ncc4cc3Cl)CC2)COCC1F. The third-order valence-electron chi connectivity index (χ3n) is 7.11. The van der Waals surface area contributed by atoms with Gasteiger partial charge in [-0.3, -0.25) is 9.88 Å². The minimum absolute atomic E-state index is 0.215. The molecule has 3 nitrogen and oxygen atoms in total. The summed E-state index contributed by atoms with van der Waals surface area (Å²) in [5.74, 6) is 0.392. The molecule has 0 aliphatic carbocycles. The Bertz CT molecular complexity index is 1070. The average molecular weight is 439 g/mol. The lowest BCUT2D eigenvalue weighted by atomic mass is 9.85. The first-order valence-electron chi connectivity index (χ1n) is 11.1. The highest BCUT2D eigenvalue weighted by atomic mass is 35.5. The number of rotatable bonds is 4. The molecule has 31 heavy (non-hydrogen) atoms. The van der Waals surface area contributed by atoms with Gasteiger partial charge in [-0.1, -0.05) is 41.9 Å². The number of piperidine rings is 1. The summed E-state index contributed by atoms with van der Waals surface area (Å²) in [6.45, 7) is 4.43. The molecule has 2 aliphatic rings. The number of fused-ring (bicyclic) bond motifs is 1. The Morgan fingerprint density at radius 2 is 1.90 bits per heavy atom. The maximum Gasteiger partial charge on any atom is 0.144 e. The summed E-state index contributed by atoms with van der Waals surface area (Å²) in [6, 6.07) is 16.9. The number of hydrogen-bond acceptors (Lipinski definition) is 3. The third kappa shape index (κ3) is 4.09. The van der Waals surface area contributed by atoms with Crippen LogP contribution in [0.15, 0.2) is 54.7 Å². The van der Waals surface area contributed by atoms with Crippen LogP contribution in [-0.2, 0) is 11.2 Å². The van der Waals surface area contributed by atoms with E-state index in [2.05, 4.69) is 46.3 Å². The van der Waals surface area contributed by atoms with Crippen LogP contribution in [0.1, 0.15) is 42.5 Å². The van der Waals surface area contributed by atoms with Gasteiger partial charge in [0.05, 0.1) is 18.8 Å². The summed E-state index contributed by atoms with van der Waals surface area (Å²) in [6.07, 6.45) is 3.79. The van der Waals surface area contributed by atoms with Crippen LogP contribution in [0, 0.1) is 0 Å². The fraction of sp³-hybridized carbons (Fsp3) is 0.423. The van der Waals surface area contributed by atoms with E-state index >= 15 is 0 Å². The van der Waals surface area contributed by atoms with Crippen molar-refractivity contribution in [2.45, 2.75) is 43.8 Å². The lowest BCUT2D eigenvalue weighted by molar-refractivity contribution is 0.0298. The van der Waals surface area contributed by atoms with Crippen LogP contribution in [0.5, 0.6) is 0 Å². The van der Waals surface area contributed by atoms with Gasteiger partial charge in [0.1, 0.15) is 6.17 Å². The van der Waals surface area contributed by atoms with Gasteiger partial charge < -0.3 is 4.74 Å². The molecule has 3 aromatic rings. The van der Waals surface area contributed by atoms with E-state index in [-0.39, 0.29) is 6.61 Å². The molecule has 2 unspecified atom stereocenters. The summed E-state index contributed by atoms with van der Waals surface area (Å²) in [4.78, 5) is 6.92. The molecular formula is C26H28ClFN2O. The van der Waals surface area contributed by atoms with Gasteiger partial charge in [-0.05, 0) is 73.5 Å². The first-order chi connectivity index (χ1) is 15.0. The van der Waals surface area contributed by atoms with Crippen LogP contribution in [0.3, 0.4) is 0 Å². The fourth-order valence-electron chi connectivity index (χ4n) is 5.07. The van der Waals surface area contributed by atoms with Crippen molar-refractivity contribution in [1.82, 2.24) is 9.88 Å². The van der Waals surface area contributed by atoms with E-state index in [1.54, 1.807) is 0 Å². The van der Waals surface area contributed by atoms with E-state index in [0.717, 1.165) is 48.5 Å². The number of halogens is 2. The number of alkyl halides is 1. The highest BCUT2D eigenvalue weighted by Gasteiger charge is 2.46.